The molecule has 2 unspecified atom stereocenters. The number of piperidine rings is 1. The Bertz CT molecular complexity index is 1220. The van der Waals surface area contributed by atoms with Crippen LogP contribution in [0.4, 0.5) is 8.78 Å². The molecule has 212 valence electrons. The fourth-order valence-corrected chi connectivity index (χ4v) is 5.30. The number of benzene rings is 1. The van der Waals surface area contributed by atoms with Crippen molar-refractivity contribution >= 4 is 0 Å². The number of aromatic nitrogens is 3. The smallest absolute Gasteiger partial charge is 0.251 e. The summed E-state index contributed by atoms with van der Waals surface area (Å²) in [4.78, 5) is 11.8. The minimum atomic E-state index is -2.31. The predicted octanol–water partition coefficient (Wildman–Crippen LogP) is 4.59. The lowest BCUT2D eigenvalue weighted by Crippen LogP contribution is -2.38. The maximum atomic E-state index is 13.0. The highest BCUT2D eigenvalue weighted by Gasteiger charge is 2.24. The average Bonchev–Trinajstić information content (AvgIpc) is 3.24. The van der Waals surface area contributed by atoms with Crippen LogP contribution in [-0.2, 0) is 6.42 Å². The van der Waals surface area contributed by atoms with Crippen molar-refractivity contribution in [1.82, 2.24) is 25.3 Å². The molecular formula is C29H39F2N5O3. The fourth-order valence-electron chi connectivity index (χ4n) is 5.30. The topological polar surface area (TPSA) is 96.5 Å². The van der Waals surface area contributed by atoms with Crippen molar-refractivity contribution in [2.24, 2.45) is 5.92 Å². The van der Waals surface area contributed by atoms with Crippen molar-refractivity contribution in [3.05, 3.63) is 47.0 Å². The number of halogens is 2. The van der Waals surface area contributed by atoms with Gasteiger partial charge >= 0.3 is 0 Å². The van der Waals surface area contributed by atoms with Crippen molar-refractivity contribution in [2.75, 3.05) is 39.8 Å². The van der Waals surface area contributed by atoms with Crippen LogP contribution in [0.3, 0.4) is 0 Å². The second kappa shape index (κ2) is 13.4. The lowest BCUT2D eigenvalue weighted by atomic mass is 9.91. The molecule has 0 radical (unpaired) electrons. The largest absolute Gasteiger partial charge is 0.491 e. The maximum Gasteiger partial charge on any atom is 0.251 e. The number of hydrogen-bond donors (Lipinski definition) is 2. The number of likely N-dealkylation sites (N-methyl/N-ethyl adjacent to an activating group) is 1. The zero-order chi connectivity index (χ0) is 27.9. The summed E-state index contributed by atoms with van der Waals surface area (Å²) >= 11 is 0. The van der Waals surface area contributed by atoms with Crippen LogP contribution in [0.1, 0.15) is 42.0 Å². The average molecular weight is 544 g/mol. The monoisotopic (exact) mass is 543 g/mol. The number of ether oxygens (including phenoxy) is 1. The van der Waals surface area contributed by atoms with Gasteiger partial charge in [0.25, 0.3) is 6.43 Å². The molecule has 3 aromatic rings. The normalized spacial score (nSPS) is 17.1. The minimum absolute atomic E-state index is 0.159. The van der Waals surface area contributed by atoms with Crippen molar-refractivity contribution in [2.45, 2.75) is 59.0 Å². The van der Waals surface area contributed by atoms with Gasteiger partial charge in [-0.3, -0.25) is 4.90 Å². The zero-order valence-electron chi connectivity index (χ0n) is 23.2. The second-order valence-electron chi connectivity index (χ2n) is 10.4. The molecule has 1 saturated heterocycles. The van der Waals surface area contributed by atoms with Crippen molar-refractivity contribution in [3.63, 3.8) is 0 Å². The van der Waals surface area contributed by atoms with Gasteiger partial charge in [0.1, 0.15) is 24.2 Å². The molecule has 4 rings (SSSR count). The van der Waals surface area contributed by atoms with Crippen molar-refractivity contribution < 1.29 is 23.1 Å². The first-order chi connectivity index (χ1) is 18.7. The standard InChI is InChI=1S/C29H39F2N5O3/c1-18-25(11-10-21-7-6-12-36(15-21)16-26(30)31)33-29(34-28(18)27-19(2)35-39-20(27)3)22-8-5-9-24(13-22)38-17-23(37)14-32-4/h5,8-9,13,21,23,26,32,37H,6-7,10-12,14-17H2,1-4H3. The predicted molar refractivity (Wildman–Crippen MR) is 146 cm³/mol. The van der Waals surface area contributed by atoms with Crippen LogP contribution < -0.4 is 10.1 Å². The summed E-state index contributed by atoms with van der Waals surface area (Å²) in [7, 11) is 1.78. The van der Waals surface area contributed by atoms with E-state index in [1.807, 2.05) is 49.9 Å². The quantitative estimate of drug-likeness (QED) is 0.342. The van der Waals surface area contributed by atoms with E-state index in [4.69, 9.17) is 19.2 Å². The Labute approximate surface area is 228 Å². The van der Waals surface area contributed by atoms with E-state index < -0.39 is 12.5 Å². The number of aliphatic hydroxyl groups excluding tert-OH is 1. The van der Waals surface area contributed by atoms with E-state index in [9.17, 15) is 13.9 Å². The molecule has 1 aliphatic rings. The van der Waals surface area contributed by atoms with Gasteiger partial charge in [-0.05, 0) is 83.7 Å². The van der Waals surface area contributed by atoms with E-state index in [0.717, 1.165) is 66.0 Å². The van der Waals surface area contributed by atoms with Crippen molar-refractivity contribution in [1.29, 1.82) is 0 Å². The third-order valence-corrected chi connectivity index (χ3v) is 7.28. The summed E-state index contributed by atoms with van der Waals surface area (Å²) in [5.41, 5.74) is 5.10. The first kappa shape index (κ1) is 29.0. The van der Waals surface area contributed by atoms with E-state index >= 15 is 0 Å². The number of alkyl halides is 2. The molecule has 2 atom stereocenters. The van der Waals surface area contributed by atoms with E-state index in [1.165, 1.54) is 0 Å². The second-order valence-corrected chi connectivity index (χ2v) is 10.4. The van der Waals surface area contributed by atoms with E-state index in [0.29, 0.717) is 36.3 Å². The van der Waals surface area contributed by atoms with Gasteiger partial charge in [0.15, 0.2) is 5.82 Å². The number of likely N-dealkylation sites (tertiary alicyclic amines) is 1. The molecule has 1 aliphatic heterocycles. The highest BCUT2D eigenvalue weighted by atomic mass is 19.3. The number of nitrogens with one attached hydrogen (secondary N) is 1. The Kier molecular flexibility index (Phi) is 9.99. The number of aryl methyl sites for hydroxylation is 3. The molecule has 10 heteroatoms. The van der Waals surface area contributed by atoms with Gasteiger partial charge in [-0.1, -0.05) is 17.3 Å². The van der Waals surface area contributed by atoms with Gasteiger partial charge in [0.05, 0.1) is 23.5 Å². The van der Waals surface area contributed by atoms with Crippen LogP contribution in [0.2, 0.25) is 0 Å². The molecule has 2 N–H and O–H groups in total. The molecular weight excluding hydrogens is 504 g/mol. The number of aliphatic hydroxyl groups is 1. The van der Waals surface area contributed by atoms with Crippen LogP contribution in [0.5, 0.6) is 5.75 Å². The maximum absolute atomic E-state index is 13.0. The van der Waals surface area contributed by atoms with Crippen molar-refractivity contribution in [3.8, 4) is 28.4 Å². The SMILES string of the molecule is CNCC(O)COc1cccc(-c2nc(CCC3CCCN(CC(F)F)C3)c(C)c(-c3c(C)noc3C)n2)c1. The lowest BCUT2D eigenvalue weighted by Gasteiger charge is -2.32. The molecule has 0 spiro atoms. The molecule has 0 aliphatic carbocycles. The van der Waals surface area contributed by atoms with Crippen LogP contribution in [0.15, 0.2) is 28.8 Å². The summed E-state index contributed by atoms with van der Waals surface area (Å²) in [5, 5.41) is 17.1. The highest BCUT2D eigenvalue weighted by Crippen LogP contribution is 2.33. The zero-order valence-corrected chi connectivity index (χ0v) is 23.2. The third-order valence-electron chi connectivity index (χ3n) is 7.28. The van der Waals surface area contributed by atoms with Gasteiger partial charge in [-0.2, -0.15) is 0 Å². The first-order valence-electron chi connectivity index (χ1n) is 13.6. The van der Waals surface area contributed by atoms with Crippen LogP contribution in [0, 0.1) is 26.7 Å². The fraction of sp³-hybridized carbons (Fsp3) is 0.552. The molecule has 3 heterocycles. The van der Waals surface area contributed by atoms with Crippen LogP contribution >= 0.6 is 0 Å². The molecule has 2 aromatic heterocycles. The third kappa shape index (κ3) is 7.58. The first-order valence-corrected chi connectivity index (χ1v) is 13.6. The Morgan fingerprint density at radius 1 is 1.23 bits per heavy atom. The van der Waals surface area contributed by atoms with Gasteiger partial charge < -0.3 is 19.7 Å². The van der Waals surface area contributed by atoms with E-state index in [-0.39, 0.29) is 13.2 Å². The summed E-state index contributed by atoms with van der Waals surface area (Å²) in [6.45, 7) is 7.66. The number of rotatable bonds is 12. The number of nitrogens with zero attached hydrogens (tertiary/aromatic N) is 4. The van der Waals surface area contributed by atoms with E-state index in [2.05, 4.69) is 10.5 Å². The molecule has 39 heavy (non-hydrogen) atoms. The van der Waals surface area contributed by atoms with Crippen LogP contribution in [0.25, 0.3) is 22.6 Å². The summed E-state index contributed by atoms with van der Waals surface area (Å²) in [6, 6.07) is 7.54. The molecule has 0 amide bonds. The number of hydrogen-bond acceptors (Lipinski definition) is 8. The molecule has 0 bridgehead atoms. The van der Waals surface area contributed by atoms with E-state index in [1.54, 1.807) is 7.05 Å². The van der Waals surface area contributed by atoms with Gasteiger partial charge in [0, 0.05) is 24.3 Å². The summed E-state index contributed by atoms with van der Waals surface area (Å²) in [6.07, 6.45) is 0.627. The Balaban J connectivity index is 1.62. The van der Waals surface area contributed by atoms with Gasteiger partial charge in [-0.25, -0.2) is 18.7 Å². The minimum Gasteiger partial charge on any atom is -0.491 e. The molecule has 0 saturated carbocycles. The lowest BCUT2D eigenvalue weighted by molar-refractivity contribution is 0.0635. The highest BCUT2D eigenvalue weighted by molar-refractivity contribution is 5.70. The van der Waals surface area contributed by atoms with Crippen LogP contribution in [-0.4, -0.2) is 77.5 Å². The Morgan fingerprint density at radius 2 is 2.05 bits per heavy atom. The van der Waals surface area contributed by atoms with Gasteiger partial charge in [-0.15, -0.1) is 0 Å². The molecule has 1 fully saturated rings. The molecule has 8 nitrogen and oxygen atoms in total. The van der Waals surface area contributed by atoms with Gasteiger partial charge in [0.2, 0.25) is 0 Å². The Hall–Kier alpha value is -2.95. The summed E-state index contributed by atoms with van der Waals surface area (Å²) in [5.74, 6) is 2.22. The molecule has 1 aromatic carbocycles. The Morgan fingerprint density at radius 3 is 2.77 bits per heavy atom. The summed E-state index contributed by atoms with van der Waals surface area (Å²) < 4.78 is 37.2.